The second-order valence-electron chi connectivity index (χ2n) is 5.86. The van der Waals surface area contributed by atoms with Gasteiger partial charge in [-0.1, -0.05) is 6.07 Å². The quantitative estimate of drug-likeness (QED) is 0.691. The summed E-state index contributed by atoms with van der Waals surface area (Å²) in [6, 6.07) is 11.0. The van der Waals surface area contributed by atoms with E-state index in [1.165, 1.54) is 17.0 Å². The van der Waals surface area contributed by atoms with Gasteiger partial charge in [0.15, 0.2) is 0 Å². The molecule has 0 spiro atoms. The SMILES string of the molecule is Fc1ccc(N2CCN(Cc3csc(-c4cccs4)n3)CC2)cc1. The Labute approximate surface area is 149 Å². The van der Waals surface area contributed by atoms with Gasteiger partial charge in [-0.2, -0.15) is 0 Å². The molecule has 24 heavy (non-hydrogen) atoms. The number of benzene rings is 1. The molecule has 0 radical (unpaired) electrons. The number of hydrogen-bond donors (Lipinski definition) is 0. The van der Waals surface area contributed by atoms with Crippen LogP contribution in [0.25, 0.3) is 9.88 Å². The van der Waals surface area contributed by atoms with E-state index in [2.05, 4.69) is 32.7 Å². The normalized spacial score (nSPS) is 15.8. The van der Waals surface area contributed by atoms with Gasteiger partial charge in [0.25, 0.3) is 0 Å². The van der Waals surface area contributed by atoms with Gasteiger partial charge in [0.05, 0.1) is 10.6 Å². The second-order valence-corrected chi connectivity index (χ2v) is 7.67. The zero-order chi connectivity index (χ0) is 16.4. The predicted octanol–water partition coefficient (Wildman–Crippen LogP) is 4.33. The van der Waals surface area contributed by atoms with Crippen molar-refractivity contribution >= 4 is 28.4 Å². The van der Waals surface area contributed by atoms with E-state index in [1.54, 1.807) is 22.7 Å². The van der Waals surface area contributed by atoms with E-state index in [9.17, 15) is 4.39 Å². The van der Waals surface area contributed by atoms with Gasteiger partial charge in [-0.3, -0.25) is 4.90 Å². The van der Waals surface area contributed by atoms with E-state index in [0.29, 0.717) is 0 Å². The van der Waals surface area contributed by atoms with Crippen LogP contribution in [0.4, 0.5) is 10.1 Å². The van der Waals surface area contributed by atoms with Crippen molar-refractivity contribution in [2.45, 2.75) is 6.54 Å². The molecule has 2 aromatic heterocycles. The average molecular weight is 359 g/mol. The maximum atomic E-state index is 13.0. The lowest BCUT2D eigenvalue weighted by atomic mass is 10.2. The number of piperazine rings is 1. The van der Waals surface area contributed by atoms with Crippen molar-refractivity contribution in [3.63, 3.8) is 0 Å². The fraction of sp³-hybridized carbons (Fsp3) is 0.278. The molecule has 0 N–H and O–H groups in total. The van der Waals surface area contributed by atoms with Crippen LogP contribution < -0.4 is 4.90 Å². The van der Waals surface area contributed by atoms with E-state index in [0.717, 1.165) is 49.1 Å². The van der Waals surface area contributed by atoms with Crippen LogP contribution in [0.15, 0.2) is 47.2 Å². The van der Waals surface area contributed by atoms with Crippen LogP contribution in [0.3, 0.4) is 0 Å². The molecule has 0 saturated carbocycles. The zero-order valence-electron chi connectivity index (χ0n) is 13.2. The molecule has 0 amide bonds. The number of rotatable bonds is 4. The highest BCUT2D eigenvalue weighted by Crippen LogP contribution is 2.28. The van der Waals surface area contributed by atoms with E-state index in [1.807, 2.05) is 12.1 Å². The number of anilines is 1. The fourth-order valence-electron chi connectivity index (χ4n) is 2.94. The van der Waals surface area contributed by atoms with E-state index >= 15 is 0 Å². The summed E-state index contributed by atoms with van der Waals surface area (Å²) in [6.45, 7) is 4.84. The Morgan fingerprint density at radius 3 is 2.50 bits per heavy atom. The van der Waals surface area contributed by atoms with Gasteiger partial charge >= 0.3 is 0 Å². The Bertz CT molecular complexity index is 775. The summed E-state index contributed by atoms with van der Waals surface area (Å²) in [7, 11) is 0. The highest BCUT2D eigenvalue weighted by atomic mass is 32.1. The topological polar surface area (TPSA) is 19.4 Å². The van der Waals surface area contributed by atoms with Crippen LogP contribution in [-0.2, 0) is 6.54 Å². The highest BCUT2D eigenvalue weighted by Gasteiger charge is 2.18. The maximum Gasteiger partial charge on any atom is 0.133 e. The lowest BCUT2D eigenvalue weighted by molar-refractivity contribution is 0.247. The number of nitrogens with zero attached hydrogens (tertiary/aromatic N) is 3. The van der Waals surface area contributed by atoms with Crippen molar-refractivity contribution in [3.05, 3.63) is 58.7 Å². The molecule has 6 heteroatoms. The monoisotopic (exact) mass is 359 g/mol. The number of aromatic nitrogens is 1. The predicted molar refractivity (Wildman–Crippen MR) is 99.3 cm³/mol. The van der Waals surface area contributed by atoms with Crippen molar-refractivity contribution < 1.29 is 4.39 Å². The second kappa shape index (κ2) is 7.01. The number of hydrogen-bond acceptors (Lipinski definition) is 5. The fourth-order valence-corrected chi connectivity index (χ4v) is 4.56. The van der Waals surface area contributed by atoms with Crippen molar-refractivity contribution in [1.29, 1.82) is 0 Å². The number of halogens is 1. The van der Waals surface area contributed by atoms with Crippen LogP contribution >= 0.6 is 22.7 Å². The Morgan fingerprint density at radius 1 is 1.00 bits per heavy atom. The van der Waals surface area contributed by atoms with E-state index in [4.69, 9.17) is 4.98 Å². The molecule has 3 nitrogen and oxygen atoms in total. The van der Waals surface area contributed by atoms with Crippen LogP contribution in [0.2, 0.25) is 0 Å². The Balaban J connectivity index is 1.34. The van der Waals surface area contributed by atoms with E-state index < -0.39 is 0 Å². The summed E-state index contributed by atoms with van der Waals surface area (Å²) in [5.41, 5.74) is 2.25. The van der Waals surface area contributed by atoms with Crippen LogP contribution in [-0.4, -0.2) is 36.1 Å². The smallest absolute Gasteiger partial charge is 0.133 e. The molecule has 1 saturated heterocycles. The average Bonchev–Trinajstić information content (AvgIpc) is 3.28. The first-order chi connectivity index (χ1) is 11.8. The number of thiophene rings is 1. The zero-order valence-corrected chi connectivity index (χ0v) is 14.8. The molecule has 3 heterocycles. The molecule has 0 unspecified atom stereocenters. The lowest BCUT2D eigenvalue weighted by Crippen LogP contribution is -2.46. The minimum atomic E-state index is -0.178. The first kappa shape index (κ1) is 15.7. The Kier molecular flexibility index (Phi) is 4.60. The van der Waals surface area contributed by atoms with Crippen molar-refractivity contribution in [3.8, 4) is 9.88 Å². The molecule has 0 atom stereocenters. The summed E-state index contributed by atoms with van der Waals surface area (Å²) in [5.74, 6) is -0.178. The molecule has 124 valence electrons. The minimum absolute atomic E-state index is 0.178. The van der Waals surface area contributed by atoms with Gasteiger partial charge in [-0.25, -0.2) is 9.37 Å². The van der Waals surface area contributed by atoms with Crippen LogP contribution in [0.5, 0.6) is 0 Å². The first-order valence-electron chi connectivity index (χ1n) is 7.99. The van der Waals surface area contributed by atoms with Crippen molar-refractivity contribution in [2.75, 3.05) is 31.1 Å². The molecule has 0 bridgehead atoms. The van der Waals surface area contributed by atoms with E-state index in [-0.39, 0.29) is 5.82 Å². The summed E-state index contributed by atoms with van der Waals surface area (Å²) < 4.78 is 13.0. The van der Waals surface area contributed by atoms with Crippen molar-refractivity contribution in [1.82, 2.24) is 9.88 Å². The van der Waals surface area contributed by atoms with Gasteiger partial charge in [0, 0.05) is 43.8 Å². The number of thiazole rings is 1. The molecular weight excluding hydrogens is 341 g/mol. The molecular formula is C18H18FN3S2. The molecule has 1 aliphatic rings. The molecule has 4 rings (SSSR count). The highest BCUT2D eigenvalue weighted by molar-refractivity contribution is 7.20. The third-order valence-corrected chi connectivity index (χ3v) is 6.16. The maximum absolute atomic E-state index is 13.0. The van der Waals surface area contributed by atoms with Gasteiger partial charge in [-0.05, 0) is 35.7 Å². The van der Waals surface area contributed by atoms with Crippen molar-refractivity contribution in [2.24, 2.45) is 0 Å². The summed E-state index contributed by atoms with van der Waals surface area (Å²) >= 11 is 3.46. The largest absolute Gasteiger partial charge is 0.369 e. The molecule has 1 aromatic carbocycles. The summed E-state index contributed by atoms with van der Waals surface area (Å²) in [4.78, 5) is 10.8. The van der Waals surface area contributed by atoms with Gasteiger partial charge in [-0.15, -0.1) is 22.7 Å². The van der Waals surface area contributed by atoms with Gasteiger partial charge < -0.3 is 4.90 Å². The molecule has 0 aliphatic carbocycles. The summed E-state index contributed by atoms with van der Waals surface area (Å²) in [5, 5.41) is 5.37. The third kappa shape index (κ3) is 3.50. The molecule has 1 fully saturated rings. The third-order valence-electron chi connectivity index (χ3n) is 4.23. The van der Waals surface area contributed by atoms with Gasteiger partial charge in [0.2, 0.25) is 0 Å². The Morgan fingerprint density at radius 2 is 1.79 bits per heavy atom. The van der Waals surface area contributed by atoms with Crippen LogP contribution in [0, 0.1) is 5.82 Å². The molecule has 1 aliphatic heterocycles. The standard InChI is InChI=1S/C18H18FN3S2/c19-14-3-5-16(6-4-14)22-9-7-21(8-10-22)12-15-13-24-18(20-15)17-2-1-11-23-17/h1-6,11,13H,7-10,12H2. The lowest BCUT2D eigenvalue weighted by Gasteiger charge is -2.35. The van der Waals surface area contributed by atoms with Crippen LogP contribution in [0.1, 0.15) is 5.69 Å². The molecule has 3 aromatic rings. The Hall–Kier alpha value is -1.76. The first-order valence-corrected chi connectivity index (χ1v) is 9.75. The van der Waals surface area contributed by atoms with Gasteiger partial charge in [0.1, 0.15) is 10.8 Å². The summed E-state index contributed by atoms with van der Waals surface area (Å²) in [6.07, 6.45) is 0. The minimum Gasteiger partial charge on any atom is -0.369 e.